The summed E-state index contributed by atoms with van der Waals surface area (Å²) in [7, 11) is 0. The summed E-state index contributed by atoms with van der Waals surface area (Å²) >= 11 is 6.54. The number of hydrogen-bond donors (Lipinski definition) is 1. The summed E-state index contributed by atoms with van der Waals surface area (Å²) in [5.41, 5.74) is 2.43. The second-order valence-corrected chi connectivity index (χ2v) is 6.77. The second kappa shape index (κ2) is 6.19. The van der Waals surface area contributed by atoms with Crippen molar-refractivity contribution in [3.8, 4) is 0 Å². The average molecular weight is 320 g/mol. The molecule has 4 rings (SSSR count). The Morgan fingerprint density at radius 1 is 1.18 bits per heavy atom. The summed E-state index contributed by atoms with van der Waals surface area (Å²) in [5, 5.41) is 9.97. The van der Waals surface area contributed by atoms with Gasteiger partial charge in [0.2, 0.25) is 0 Å². The van der Waals surface area contributed by atoms with Gasteiger partial charge in [0.25, 0.3) is 0 Å². The molecule has 118 valence electrons. The van der Waals surface area contributed by atoms with Gasteiger partial charge in [0, 0.05) is 17.0 Å². The first kappa shape index (κ1) is 14.5. The number of ether oxygens (including phenoxy) is 1. The van der Waals surface area contributed by atoms with Gasteiger partial charge in [-0.2, -0.15) is 5.10 Å². The number of rotatable bonds is 2. The van der Waals surface area contributed by atoms with Crippen LogP contribution in [0.5, 0.6) is 0 Å². The van der Waals surface area contributed by atoms with E-state index >= 15 is 0 Å². The van der Waals surface area contributed by atoms with Crippen molar-refractivity contribution in [3.05, 3.63) is 28.9 Å². The van der Waals surface area contributed by atoms with Crippen molar-refractivity contribution in [2.45, 2.75) is 44.2 Å². The smallest absolute Gasteiger partial charge is 0.150 e. The van der Waals surface area contributed by atoms with E-state index in [-0.39, 0.29) is 6.23 Å². The van der Waals surface area contributed by atoms with E-state index in [9.17, 15) is 0 Å². The van der Waals surface area contributed by atoms with Crippen molar-refractivity contribution in [3.63, 3.8) is 0 Å². The zero-order valence-corrected chi connectivity index (χ0v) is 13.5. The molecular weight excluding hydrogens is 298 g/mol. The van der Waals surface area contributed by atoms with Gasteiger partial charge in [0.05, 0.1) is 11.7 Å². The van der Waals surface area contributed by atoms with Gasteiger partial charge in [-0.3, -0.25) is 0 Å². The largest absolute Gasteiger partial charge is 0.356 e. The Morgan fingerprint density at radius 3 is 2.82 bits per heavy atom. The summed E-state index contributed by atoms with van der Waals surface area (Å²) < 4.78 is 7.95. The lowest BCUT2D eigenvalue weighted by Crippen LogP contribution is -2.26. The molecule has 0 bridgehead atoms. The highest BCUT2D eigenvalue weighted by atomic mass is 35.5. The molecule has 1 N–H and O–H groups in total. The molecule has 2 saturated heterocycles. The topological polar surface area (TPSA) is 39.1 Å². The normalized spacial score (nSPS) is 24.0. The Balaban J connectivity index is 1.73. The van der Waals surface area contributed by atoms with Gasteiger partial charge in [-0.1, -0.05) is 11.6 Å². The van der Waals surface area contributed by atoms with Gasteiger partial charge in [0.1, 0.15) is 0 Å². The van der Waals surface area contributed by atoms with Gasteiger partial charge >= 0.3 is 0 Å². The third-order valence-corrected chi connectivity index (χ3v) is 5.25. The molecule has 2 fully saturated rings. The van der Waals surface area contributed by atoms with E-state index in [2.05, 4.69) is 27.2 Å². The fraction of sp³-hybridized carbons (Fsp3) is 0.588. The maximum Gasteiger partial charge on any atom is 0.150 e. The summed E-state index contributed by atoms with van der Waals surface area (Å²) in [6, 6.07) is 4.32. The highest BCUT2D eigenvalue weighted by Crippen LogP contribution is 2.35. The van der Waals surface area contributed by atoms with E-state index in [1.165, 1.54) is 12.0 Å². The van der Waals surface area contributed by atoms with E-state index in [4.69, 9.17) is 16.3 Å². The van der Waals surface area contributed by atoms with Crippen LogP contribution < -0.4 is 5.32 Å². The first-order chi connectivity index (χ1) is 10.8. The number of piperidine rings is 1. The summed E-state index contributed by atoms with van der Waals surface area (Å²) in [6.45, 7) is 2.98. The molecular formula is C17H22ClN3O. The maximum atomic E-state index is 6.54. The summed E-state index contributed by atoms with van der Waals surface area (Å²) in [5.74, 6) is 0.550. The molecule has 1 atom stereocenters. The molecule has 1 aromatic heterocycles. The first-order valence-electron chi connectivity index (χ1n) is 8.32. The average Bonchev–Trinajstić information content (AvgIpc) is 2.98. The van der Waals surface area contributed by atoms with Gasteiger partial charge < -0.3 is 10.1 Å². The summed E-state index contributed by atoms with van der Waals surface area (Å²) in [4.78, 5) is 0. The van der Waals surface area contributed by atoms with E-state index in [0.717, 1.165) is 61.3 Å². The Labute approximate surface area is 135 Å². The van der Waals surface area contributed by atoms with Gasteiger partial charge in [-0.15, -0.1) is 0 Å². The van der Waals surface area contributed by atoms with E-state index in [0.29, 0.717) is 5.92 Å². The minimum absolute atomic E-state index is 0.0771. The van der Waals surface area contributed by atoms with Gasteiger partial charge in [-0.25, -0.2) is 4.68 Å². The Hall–Kier alpha value is -1.10. The number of halogens is 1. The SMILES string of the molecule is Clc1cc2cnn(C3CCCCO3)c2cc1C1CCNCC1. The molecule has 3 heterocycles. The molecule has 4 nitrogen and oxygen atoms in total. The van der Waals surface area contributed by atoms with Crippen molar-refractivity contribution in [1.82, 2.24) is 15.1 Å². The van der Waals surface area contributed by atoms with Crippen LogP contribution in [0, 0.1) is 0 Å². The number of hydrogen-bond acceptors (Lipinski definition) is 3. The molecule has 5 heteroatoms. The second-order valence-electron chi connectivity index (χ2n) is 6.37. The number of nitrogens with one attached hydrogen (secondary N) is 1. The maximum absolute atomic E-state index is 6.54. The van der Waals surface area contributed by atoms with Crippen LogP contribution in [0.2, 0.25) is 5.02 Å². The lowest BCUT2D eigenvalue weighted by molar-refractivity contribution is -0.0366. The number of fused-ring (bicyclic) bond motifs is 1. The minimum Gasteiger partial charge on any atom is -0.356 e. The van der Waals surface area contributed by atoms with Crippen LogP contribution in [0.3, 0.4) is 0 Å². The Bertz CT molecular complexity index is 657. The minimum atomic E-state index is 0.0771. The molecule has 0 spiro atoms. The molecule has 0 aliphatic carbocycles. The first-order valence-corrected chi connectivity index (χ1v) is 8.70. The standard InChI is InChI=1S/C17H22ClN3O/c18-15-9-13-11-20-21(17-3-1-2-8-22-17)16(13)10-14(15)12-4-6-19-7-5-12/h9-12,17,19H,1-8H2. The number of nitrogens with zero attached hydrogens (tertiary/aromatic N) is 2. The van der Waals surface area contributed by atoms with Crippen LogP contribution in [0.25, 0.3) is 10.9 Å². The predicted molar refractivity (Wildman–Crippen MR) is 88.4 cm³/mol. The van der Waals surface area contributed by atoms with Crippen LogP contribution >= 0.6 is 11.6 Å². The third-order valence-electron chi connectivity index (χ3n) is 4.92. The van der Waals surface area contributed by atoms with Crippen molar-refractivity contribution >= 4 is 22.5 Å². The lowest BCUT2D eigenvalue weighted by atomic mass is 9.89. The highest BCUT2D eigenvalue weighted by Gasteiger charge is 2.22. The lowest BCUT2D eigenvalue weighted by Gasteiger charge is -2.25. The molecule has 1 unspecified atom stereocenters. The third kappa shape index (κ3) is 2.64. The predicted octanol–water partition coefficient (Wildman–Crippen LogP) is 3.86. The molecule has 1 aromatic carbocycles. The van der Waals surface area contributed by atoms with E-state index < -0.39 is 0 Å². The van der Waals surface area contributed by atoms with E-state index in [1.54, 1.807) is 0 Å². The van der Waals surface area contributed by atoms with Gasteiger partial charge in [0.15, 0.2) is 6.23 Å². The number of benzene rings is 1. The molecule has 0 amide bonds. The highest BCUT2D eigenvalue weighted by molar-refractivity contribution is 6.32. The van der Waals surface area contributed by atoms with Crippen molar-refractivity contribution in [2.75, 3.05) is 19.7 Å². The van der Waals surface area contributed by atoms with Crippen LogP contribution in [0.4, 0.5) is 0 Å². The Morgan fingerprint density at radius 2 is 2.05 bits per heavy atom. The molecule has 0 radical (unpaired) electrons. The van der Waals surface area contributed by atoms with Crippen LogP contribution in [-0.2, 0) is 4.74 Å². The molecule has 2 aliphatic heterocycles. The van der Waals surface area contributed by atoms with Crippen molar-refractivity contribution in [2.24, 2.45) is 0 Å². The molecule has 0 saturated carbocycles. The number of aromatic nitrogens is 2. The summed E-state index contributed by atoms with van der Waals surface area (Å²) in [6.07, 6.45) is 7.70. The monoisotopic (exact) mass is 319 g/mol. The molecule has 2 aromatic rings. The quantitative estimate of drug-likeness (QED) is 0.913. The molecule has 22 heavy (non-hydrogen) atoms. The molecule has 2 aliphatic rings. The Kier molecular flexibility index (Phi) is 4.07. The fourth-order valence-corrected chi connectivity index (χ4v) is 4.00. The zero-order chi connectivity index (χ0) is 14.9. The van der Waals surface area contributed by atoms with Crippen LogP contribution in [0.15, 0.2) is 18.3 Å². The van der Waals surface area contributed by atoms with Crippen LogP contribution in [0.1, 0.15) is 49.8 Å². The zero-order valence-electron chi connectivity index (χ0n) is 12.7. The van der Waals surface area contributed by atoms with Crippen molar-refractivity contribution in [1.29, 1.82) is 0 Å². The fourth-order valence-electron chi connectivity index (χ4n) is 3.67. The van der Waals surface area contributed by atoms with Crippen molar-refractivity contribution < 1.29 is 4.74 Å². The van der Waals surface area contributed by atoms with Crippen LogP contribution in [-0.4, -0.2) is 29.5 Å². The van der Waals surface area contributed by atoms with Gasteiger partial charge in [-0.05, 0) is 68.8 Å². The van der Waals surface area contributed by atoms with E-state index in [1.807, 2.05) is 6.20 Å².